The number of alkyl carbamates (subject to hydrolysis) is 1. The van der Waals surface area contributed by atoms with Crippen molar-refractivity contribution >= 4 is 39.1 Å². The van der Waals surface area contributed by atoms with Gasteiger partial charge < -0.3 is 20.3 Å². The quantitative estimate of drug-likeness (QED) is 0.421. The number of hydrogen-bond donors (Lipinski definition) is 2. The van der Waals surface area contributed by atoms with Gasteiger partial charge in [-0.3, -0.25) is 4.79 Å². The smallest absolute Gasteiger partial charge is 0.408 e. The number of tetrazole rings is 1. The van der Waals surface area contributed by atoms with Crippen molar-refractivity contribution in [3.05, 3.63) is 52.8 Å². The number of fused-ring (bicyclic) bond motifs is 1. The number of piperidine rings is 1. The molecule has 1 saturated heterocycles. The van der Waals surface area contributed by atoms with E-state index in [1.54, 1.807) is 45.0 Å². The van der Waals surface area contributed by atoms with Crippen LogP contribution >= 0.6 is 11.6 Å². The summed E-state index contributed by atoms with van der Waals surface area (Å²) < 4.78 is 75.8. The van der Waals surface area contributed by atoms with Crippen molar-refractivity contribution in [2.75, 3.05) is 23.7 Å². The fourth-order valence-corrected chi connectivity index (χ4v) is 6.65. The van der Waals surface area contributed by atoms with Crippen molar-refractivity contribution in [1.82, 2.24) is 30.8 Å². The van der Waals surface area contributed by atoms with E-state index in [0.717, 1.165) is 21.8 Å². The molecule has 3 aromatic rings. The van der Waals surface area contributed by atoms with E-state index in [9.17, 15) is 26.8 Å². The second kappa shape index (κ2) is 11.6. The summed E-state index contributed by atoms with van der Waals surface area (Å²) in [6, 6.07) is 5.79. The summed E-state index contributed by atoms with van der Waals surface area (Å²) >= 11 is 6.01. The van der Waals surface area contributed by atoms with Gasteiger partial charge in [0.2, 0.25) is 5.82 Å². The zero-order valence-corrected chi connectivity index (χ0v) is 25.4. The number of nitrogens with one attached hydrogen (secondary N) is 2. The van der Waals surface area contributed by atoms with E-state index in [4.69, 9.17) is 16.3 Å². The Hall–Kier alpha value is -3.76. The third kappa shape index (κ3) is 6.97. The third-order valence-electron chi connectivity index (χ3n) is 6.86. The van der Waals surface area contributed by atoms with Crippen LogP contribution in [0.5, 0.6) is 0 Å². The molecule has 0 spiro atoms. The summed E-state index contributed by atoms with van der Waals surface area (Å²) in [5.74, 6) is -6.03. The average Bonchev–Trinajstić information content (AvgIpc) is 3.38. The van der Waals surface area contributed by atoms with E-state index in [-0.39, 0.29) is 30.2 Å². The number of carbonyl (C=O) groups excluding carboxylic acids is 2. The molecule has 2 atom stereocenters. The Kier molecular flexibility index (Phi) is 8.37. The topological polar surface area (TPSA) is 148 Å². The lowest BCUT2D eigenvalue weighted by Gasteiger charge is -2.28. The molecule has 2 amide bonds. The fraction of sp³-hybridized carbons (Fsp3) is 0.444. The van der Waals surface area contributed by atoms with Crippen LogP contribution in [0.3, 0.4) is 0 Å². The van der Waals surface area contributed by atoms with Gasteiger partial charge in [-0.1, -0.05) is 23.7 Å². The highest BCUT2D eigenvalue weighted by atomic mass is 35.5. The van der Waals surface area contributed by atoms with Gasteiger partial charge in [0.25, 0.3) is 11.8 Å². The minimum Gasteiger partial charge on any atom is -0.444 e. The van der Waals surface area contributed by atoms with Crippen LogP contribution in [0.2, 0.25) is 5.02 Å². The second-order valence-corrected chi connectivity index (χ2v) is 14.0. The summed E-state index contributed by atoms with van der Waals surface area (Å²) in [6.45, 7) is 4.26. The molecule has 0 aliphatic carbocycles. The molecule has 2 aliphatic rings. The van der Waals surface area contributed by atoms with Gasteiger partial charge in [0.1, 0.15) is 17.5 Å². The Bertz CT molecular complexity index is 1700. The maximum Gasteiger partial charge on any atom is 0.408 e. The molecular formula is C27H29ClF3N7O5S. The second-order valence-electron chi connectivity index (χ2n) is 11.6. The van der Waals surface area contributed by atoms with E-state index >= 15 is 4.39 Å². The number of ether oxygens (including phenoxy) is 1. The van der Waals surface area contributed by atoms with Crippen LogP contribution in [-0.4, -0.2) is 77.0 Å². The van der Waals surface area contributed by atoms with E-state index < -0.39 is 74.9 Å². The van der Waals surface area contributed by atoms with E-state index in [2.05, 4.69) is 26.0 Å². The average molecular weight is 656 g/mol. The summed E-state index contributed by atoms with van der Waals surface area (Å²) in [5, 5.41) is 17.1. The lowest BCUT2D eigenvalue weighted by molar-refractivity contribution is -0.120. The summed E-state index contributed by atoms with van der Waals surface area (Å²) in [4.78, 5) is 28.1. The van der Waals surface area contributed by atoms with Crippen LogP contribution in [-0.2, 0) is 25.9 Å². The molecule has 2 aliphatic heterocycles. The number of carbonyl (C=O) groups is 2. The van der Waals surface area contributed by atoms with E-state index in [1.807, 2.05) is 0 Å². The predicted molar refractivity (Wildman–Crippen MR) is 153 cm³/mol. The van der Waals surface area contributed by atoms with Crippen LogP contribution < -0.4 is 15.5 Å². The summed E-state index contributed by atoms with van der Waals surface area (Å²) in [6.07, 6.45) is -1.57. The molecular weight excluding hydrogens is 627 g/mol. The number of benzene rings is 2. The number of sulfone groups is 1. The van der Waals surface area contributed by atoms with Crippen molar-refractivity contribution in [2.24, 2.45) is 0 Å². The Labute approximate surface area is 255 Å². The maximum atomic E-state index is 15.6. The summed E-state index contributed by atoms with van der Waals surface area (Å²) in [5.41, 5.74) is -0.899. The highest BCUT2D eigenvalue weighted by Gasteiger charge is 2.41. The number of rotatable bonds is 5. The number of alkyl halides is 2. The zero-order valence-electron chi connectivity index (χ0n) is 23.9. The van der Waals surface area contributed by atoms with Crippen molar-refractivity contribution in [2.45, 2.75) is 62.2 Å². The third-order valence-corrected chi connectivity index (χ3v) is 8.88. The summed E-state index contributed by atoms with van der Waals surface area (Å²) in [7, 11) is -4.38. The van der Waals surface area contributed by atoms with Crippen LogP contribution in [0.1, 0.15) is 38.8 Å². The maximum absolute atomic E-state index is 15.6. The molecule has 0 saturated carbocycles. The minimum absolute atomic E-state index is 0.131. The molecule has 1 aromatic heterocycles. The van der Waals surface area contributed by atoms with E-state index in [0.29, 0.717) is 10.6 Å². The molecule has 44 heavy (non-hydrogen) atoms. The zero-order chi connectivity index (χ0) is 32.0. The van der Waals surface area contributed by atoms with E-state index in [1.165, 1.54) is 0 Å². The number of aromatic nitrogens is 4. The van der Waals surface area contributed by atoms with Gasteiger partial charge in [-0.25, -0.2) is 26.4 Å². The molecule has 0 radical (unpaired) electrons. The lowest BCUT2D eigenvalue weighted by Crippen LogP contribution is -2.51. The molecule has 2 aromatic carbocycles. The normalized spacial score (nSPS) is 21.3. The van der Waals surface area contributed by atoms with Gasteiger partial charge >= 0.3 is 6.09 Å². The molecule has 12 nitrogen and oxygen atoms in total. The largest absolute Gasteiger partial charge is 0.444 e. The standard InChI is InChI=1S/C27H29ClF3N7O5S/c1-26(2,3)43-25(40)33-20-13-44(41,42)22-9-19(29)18(23-34-36-38(35-23)17-10-27(30,31)14-32-11-17)8-21(22)37(24(20)39)12-15-4-6-16(28)7-5-15/h4-9,17,20,32H,10-14H2,1-3H3,(H,33,40)/t17?,20-/m0/s1. The molecule has 17 heteroatoms. The predicted octanol–water partition coefficient (Wildman–Crippen LogP) is 3.52. The highest BCUT2D eigenvalue weighted by molar-refractivity contribution is 7.91. The van der Waals surface area contributed by atoms with Crippen molar-refractivity contribution in [1.29, 1.82) is 0 Å². The number of anilines is 1. The number of nitrogens with zero attached hydrogens (tertiary/aromatic N) is 5. The number of amides is 2. The van der Waals surface area contributed by atoms with Crippen molar-refractivity contribution in [3.63, 3.8) is 0 Å². The number of hydrogen-bond acceptors (Lipinski definition) is 9. The monoisotopic (exact) mass is 655 g/mol. The van der Waals surface area contributed by atoms with Crippen LogP contribution in [0, 0.1) is 5.82 Å². The SMILES string of the molecule is CC(C)(C)OC(=O)N[C@H]1CS(=O)(=O)c2cc(F)c(-c3nnn(C4CNCC(F)(F)C4)n3)cc2N(Cc2ccc(Cl)cc2)C1=O. The van der Waals surface area contributed by atoms with Crippen molar-refractivity contribution in [3.8, 4) is 11.4 Å². The van der Waals surface area contributed by atoms with Crippen LogP contribution in [0.25, 0.3) is 11.4 Å². The van der Waals surface area contributed by atoms with Crippen molar-refractivity contribution < 1.29 is 35.9 Å². The van der Waals surface area contributed by atoms with Crippen LogP contribution in [0.15, 0.2) is 41.3 Å². The Balaban J connectivity index is 1.57. The first-order valence-electron chi connectivity index (χ1n) is 13.5. The van der Waals surface area contributed by atoms with Gasteiger partial charge in [-0.15, -0.1) is 10.2 Å². The minimum atomic E-state index is -4.38. The Morgan fingerprint density at radius 3 is 2.59 bits per heavy atom. The lowest BCUT2D eigenvalue weighted by atomic mass is 10.1. The Morgan fingerprint density at radius 1 is 1.23 bits per heavy atom. The number of halogens is 4. The molecule has 236 valence electrons. The van der Waals surface area contributed by atoms with Gasteiger partial charge in [-0.05, 0) is 55.8 Å². The Morgan fingerprint density at radius 2 is 1.93 bits per heavy atom. The molecule has 2 N–H and O–H groups in total. The molecule has 5 rings (SSSR count). The molecule has 1 fully saturated rings. The molecule has 3 heterocycles. The fourth-order valence-electron chi connectivity index (χ4n) is 4.91. The van der Waals surface area contributed by atoms with Crippen LogP contribution in [0.4, 0.5) is 23.7 Å². The van der Waals surface area contributed by atoms with Gasteiger partial charge in [0.15, 0.2) is 9.84 Å². The van der Waals surface area contributed by atoms with Gasteiger partial charge in [-0.2, -0.15) is 4.80 Å². The first-order chi connectivity index (χ1) is 20.5. The first-order valence-corrected chi connectivity index (χ1v) is 15.5. The first kappa shape index (κ1) is 31.7. The van der Waals surface area contributed by atoms with Gasteiger partial charge in [0, 0.05) is 18.0 Å². The van der Waals surface area contributed by atoms with Gasteiger partial charge in [0.05, 0.1) is 41.0 Å². The highest BCUT2D eigenvalue weighted by Crippen LogP contribution is 2.37. The molecule has 1 unspecified atom stereocenters. The molecule has 0 bridgehead atoms.